The minimum absolute atomic E-state index is 0.280. The highest BCUT2D eigenvalue weighted by Crippen LogP contribution is 2.54. The first-order valence-corrected chi connectivity index (χ1v) is 8.74. The second kappa shape index (κ2) is 5.03. The van der Waals surface area contributed by atoms with Crippen molar-refractivity contribution >= 4 is 23.5 Å². The predicted molar refractivity (Wildman–Crippen MR) is 75.2 cm³/mol. The molecular formula is C13H20N2S2. The molecule has 3 fully saturated rings. The lowest BCUT2D eigenvalue weighted by molar-refractivity contribution is 0.0773. The van der Waals surface area contributed by atoms with Crippen LogP contribution < -0.4 is 0 Å². The largest absolute Gasteiger partial charge is 0.297 e. The Balaban J connectivity index is 1.88. The summed E-state index contributed by atoms with van der Waals surface area (Å²) < 4.78 is 0.358. The predicted octanol–water partition coefficient (Wildman–Crippen LogP) is 2.95. The molecule has 3 saturated heterocycles. The van der Waals surface area contributed by atoms with Gasteiger partial charge in [-0.15, -0.1) is 23.5 Å². The third kappa shape index (κ3) is 2.11. The smallest absolute Gasteiger partial charge is 0.0778 e. The molecule has 3 rings (SSSR count). The van der Waals surface area contributed by atoms with Crippen LogP contribution in [0.25, 0.3) is 0 Å². The fraction of sp³-hybridized carbons (Fsp3) is 0.923. The van der Waals surface area contributed by atoms with Gasteiger partial charge in [0.25, 0.3) is 0 Å². The molecule has 17 heavy (non-hydrogen) atoms. The quantitative estimate of drug-likeness (QED) is 0.675. The van der Waals surface area contributed by atoms with E-state index in [9.17, 15) is 5.26 Å². The van der Waals surface area contributed by atoms with Gasteiger partial charge in [-0.2, -0.15) is 5.26 Å². The molecule has 4 heteroatoms. The van der Waals surface area contributed by atoms with Gasteiger partial charge in [-0.25, -0.2) is 0 Å². The summed E-state index contributed by atoms with van der Waals surface area (Å²) in [6.45, 7) is 2.46. The van der Waals surface area contributed by atoms with Gasteiger partial charge in [0.15, 0.2) is 0 Å². The molecule has 0 aromatic carbocycles. The number of piperidine rings is 2. The van der Waals surface area contributed by atoms with Crippen LogP contribution in [0.5, 0.6) is 0 Å². The highest BCUT2D eigenvalue weighted by molar-refractivity contribution is 8.18. The molecule has 0 aliphatic carbocycles. The zero-order valence-electron chi connectivity index (χ0n) is 10.2. The highest BCUT2D eigenvalue weighted by Gasteiger charge is 2.51. The molecular weight excluding hydrogens is 248 g/mol. The summed E-state index contributed by atoms with van der Waals surface area (Å²) in [6.07, 6.45) is 6.35. The van der Waals surface area contributed by atoms with E-state index in [1.54, 1.807) is 0 Å². The van der Waals surface area contributed by atoms with Crippen LogP contribution in [-0.4, -0.2) is 39.6 Å². The van der Waals surface area contributed by atoms with Crippen LogP contribution in [0.1, 0.15) is 32.1 Å². The van der Waals surface area contributed by atoms with Crippen LogP contribution in [0.3, 0.4) is 0 Å². The van der Waals surface area contributed by atoms with Gasteiger partial charge in [0, 0.05) is 6.04 Å². The molecule has 3 aliphatic heterocycles. The standard InChI is InChI=1S/C13H20N2S2/c14-10-11-4-1-6-15-7-2-5-13(12(11)15)16-8-3-9-17-13/h11-12H,1-9H2/t11-,12-/m0/s1. The summed E-state index contributed by atoms with van der Waals surface area (Å²) in [4.78, 5) is 2.63. The van der Waals surface area contributed by atoms with Crippen molar-refractivity contribution in [2.24, 2.45) is 5.92 Å². The maximum atomic E-state index is 9.45. The van der Waals surface area contributed by atoms with Gasteiger partial charge < -0.3 is 0 Å². The Labute approximate surface area is 112 Å². The molecule has 3 heterocycles. The van der Waals surface area contributed by atoms with Crippen molar-refractivity contribution in [3.63, 3.8) is 0 Å². The van der Waals surface area contributed by atoms with Crippen molar-refractivity contribution in [2.45, 2.75) is 42.2 Å². The Morgan fingerprint density at radius 1 is 1.12 bits per heavy atom. The highest BCUT2D eigenvalue weighted by atomic mass is 32.2. The molecule has 0 saturated carbocycles. The Morgan fingerprint density at radius 2 is 1.88 bits per heavy atom. The van der Waals surface area contributed by atoms with Crippen molar-refractivity contribution in [2.75, 3.05) is 24.6 Å². The number of rotatable bonds is 0. The molecule has 0 bridgehead atoms. The zero-order chi connectivity index (χ0) is 11.7. The zero-order valence-corrected chi connectivity index (χ0v) is 11.9. The van der Waals surface area contributed by atoms with Crippen LogP contribution in [0.2, 0.25) is 0 Å². The summed E-state index contributed by atoms with van der Waals surface area (Å²) in [6, 6.07) is 3.14. The molecule has 0 aromatic rings. The summed E-state index contributed by atoms with van der Waals surface area (Å²) in [5.41, 5.74) is 0. The molecule has 2 nitrogen and oxygen atoms in total. The third-order valence-electron chi connectivity index (χ3n) is 4.30. The fourth-order valence-corrected chi connectivity index (χ4v) is 7.45. The van der Waals surface area contributed by atoms with Gasteiger partial charge in [0.05, 0.1) is 16.1 Å². The normalized spacial score (nSPS) is 37.4. The molecule has 2 atom stereocenters. The topological polar surface area (TPSA) is 27.0 Å². The number of hydrogen-bond acceptors (Lipinski definition) is 4. The van der Waals surface area contributed by atoms with Crippen molar-refractivity contribution in [1.82, 2.24) is 4.90 Å². The fourth-order valence-electron chi connectivity index (χ4n) is 3.62. The van der Waals surface area contributed by atoms with Crippen LogP contribution in [0.4, 0.5) is 0 Å². The molecule has 94 valence electrons. The summed E-state index contributed by atoms with van der Waals surface area (Å²) in [5, 5.41) is 9.45. The second-order valence-corrected chi connectivity index (χ2v) is 8.43. The minimum Gasteiger partial charge on any atom is -0.297 e. The van der Waals surface area contributed by atoms with Crippen LogP contribution in [0, 0.1) is 17.2 Å². The van der Waals surface area contributed by atoms with E-state index in [1.165, 1.54) is 50.3 Å². The molecule has 0 aromatic heterocycles. The van der Waals surface area contributed by atoms with E-state index >= 15 is 0 Å². The lowest BCUT2D eigenvalue weighted by atomic mass is 9.83. The molecule has 0 radical (unpaired) electrons. The molecule has 3 aliphatic rings. The molecule has 0 unspecified atom stereocenters. The SMILES string of the molecule is N#C[C@@H]1CCCN2CCCC3(SCCCS3)[C@H]12. The Kier molecular flexibility index (Phi) is 3.61. The number of thioether (sulfide) groups is 2. The molecule has 0 amide bonds. The van der Waals surface area contributed by atoms with Crippen LogP contribution in [-0.2, 0) is 0 Å². The van der Waals surface area contributed by atoms with Crippen molar-refractivity contribution in [1.29, 1.82) is 5.26 Å². The Bertz CT molecular complexity index is 312. The van der Waals surface area contributed by atoms with E-state index in [0.717, 1.165) is 6.42 Å². The summed E-state index contributed by atoms with van der Waals surface area (Å²) in [5.74, 6) is 2.88. The van der Waals surface area contributed by atoms with Gasteiger partial charge >= 0.3 is 0 Å². The van der Waals surface area contributed by atoms with Crippen LogP contribution in [0.15, 0.2) is 0 Å². The van der Waals surface area contributed by atoms with E-state index < -0.39 is 0 Å². The van der Waals surface area contributed by atoms with E-state index in [0.29, 0.717) is 10.1 Å². The molecule has 0 N–H and O–H groups in total. The van der Waals surface area contributed by atoms with E-state index in [2.05, 4.69) is 34.5 Å². The third-order valence-corrected chi connectivity index (χ3v) is 7.86. The second-order valence-electron chi connectivity index (χ2n) is 5.32. The number of hydrogen-bond donors (Lipinski definition) is 0. The lowest BCUT2D eigenvalue weighted by Crippen LogP contribution is -2.59. The maximum Gasteiger partial charge on any atom is 0.0778 e. The van der Waals surface area contributed by atoms with E-state index in [1.807, 2.05) is 0 Å². The van der Waals surface area contributed by atoms with Gasteiger partial charge in [-0.05, 0) is 56.7 Å². The number of nitrogens with zero attached hydrogens (tertiary/aromatic N) is 2. The van der Waals surface area contributed by atoms with Crippen molar-refractivity contribution in [3.8, 4) is 6.07 Å². The Hall–Kier alpha value is 0.150. The van der Waals surface area contributed by atoms with Gasteiger partial charge in [-0.1, -0.05) is 0 Å². The first kappa shape index (κ1) is 12.2. The van der Waals surface area contributed by atoms with Gasteiger partial charge in [0.2, 0.25) is 0 Å². The summed E-state index contributed by atoms with van der Waals surface area (Å²) in [7, 11) is 0. The van der Waals surface area contributed by atoms with Crippen molar-refractivity contribution in [3.05, 3.63) is 0 Å². The Morgan fingerprint density at radius 3 is 2.65 bits per heavy atom. The monoisotopic (exact) mass is 268 g/mol. The average molecular weight is 268 g/mol. The summed E-state index contributed by atoms with van der Waals surface area (Å²) >= 11 is 4.32. The first-order valence-electron chi connectivity index (χ1n) is 6.77. The van der Waals surface area contributed by atoms with Crippen molar-refractivity contribution < 1.29 is 0 Å². The average Bonchev–Trinajstić information content (AvgIpc) is 2.39. The maximum absolute atomic E-state index is 9.45. The van der Waals surface area contributed by atoms with Gasteiger partial charge in [0.1, 0.15) is 0 Å². The lowest BCUT2D eigenvalue weighted by Gasteiger charge is -2.54. The van der Waals surface area contributed by atoms with Crippen LogP contribution >= 0.6 is 23.5 Å². The first-order chi connectivity index (χ1) is 8.36. The number of nitriles is 1. The minimum atomic E-state index is 0.280. The van der Waals surface area contributed by atoms with E-state index in [-0.39, 0.29) is 5.92 Å². The van der Waals surface area contributed by atoms with E-state index in [4.69, 9.17) is 0 Å². The molecule has 1 spiro atoms. The van der Waals surface area contributed by atoms with Gasteiger partial charge in [-0.3, -0.25) is 4.90 Å². The number of fused-ring (bicyclic) bond motifs is 2.